The summed E-state index contributed by atoms with van der Waals surface area (Å²) in [4.78, 5) is 15.1. The van der Waals surface area contributed by atoms with Gasteiger partial charge in [-0.2, -0.15) is 16.7 Å². The monoisotopic (exact) mass is 215 g/mol. The molecule has 0 fully saturated rings. The number of hydrogen-bond donors (Lipinski definition) is 3. The first kappa shape index (κ1) is 10.8. The molecule has 1 heterocycles. The number of amides is 1. The summed E-state index contributed by atoms with van der Waals surface area (Å²) in [5.74, 6) is -0.0565. The Kier molecular flexibility index (Phi) is 3.75. The maximum atomic E-state index is 11.4. The number of nitrogens with two attached hydrogens (primary N) is 1. The Morgan fingerprint density at radius 3 is 3.00 bits per heavy atom. The Morgan fingerprint density at radius 1 is 1.79 bits per heavy atom. The normalized spacial score (nSPS) is 12.4. The van der Waals surface area contributed by atoms with Crippen LogP contribution in [0.15, 0.2) is 0 Å². The van der Waals surface area contributed by atoms with E-state index < -0.39 is 0 Å². The molecule has 7 heteroatoms. The summed E-state index contributed by atoms with van der Waals surface area (Å²) >= 11 is 1.68. The second-order valence-corrected chi connectivity index (χ2v) is 4.07. The molecule has 1 rings (SSSR count). The SMILES string of the molecule is CSC(C)CNC(=O)c1nc(N)n[nH]1. The molecule has 78 valence electrons. The molecule has 0 bridgehead atoms. The maximum Gasteiger partial charge on any atom is 0.288 e. The van der Waals surface area contributed by atoms with Gasteiger partial charge in [0.1, 0.15) is 0 Å². The highest BCUT2D eigenvalue weighted by atomic mass is 32.2. The average Bonchev–Trinajstić information content (AvgIpc) is 2.60. The number of nitrogen functional groups attached to an aromatic ring is 1. The predicted molar refractivity (Wildman–Crippen MR) is 56.1 cm³/mol. The van der Waals surface area contributed by atoms with Crippen molar-refractivity contribution >= 4 is 23.6 Å². The van der Waals surface area contributed by atoms with Crippen LogP contribution in [0, 0.1) is 0 Å². The van der Waals surface area contributed by atoms with E-state index in [0.717, 1.165) is 0 Å². The predicted octanol–water partition coefficient (Wildman–Crippen LogP) is -0.132. The Balaban J connectivity index is 2.43. The fourth-order valence-corrected chi connectivity index (χ4v) is 1.03. The molecule has 4 N–H and O–H groups in total. The number of aromatic nitrogens is 3. The Labute approximate surface area is 86.0 Å². The van der Waals surface area contributed by atoms with Gasteiger partial charge in [-0.1, -0.05) is 6.92 Å². The molecule has 0 spiro atoms. The van der Waals surface area contributed by atoms with Gasteiger partial charge in [0.15, 0.2) is 0 Å². The molecule has 0 radical (unpaired) electrons. The minimum atomic E-state index is -0.282. The van der Waals surface area contributed by atoms with Crippen LogP contribution in [-0.4, -0.2) is 39.1 Å². The van der Waals surface area contributed by atoms with Crippen LogP contribution in [-0.2, 0) is 0 Å². The molecule has 1 unspecified atom stereocenters. The average molecular weight is 215 g/mol. The fourth-order valence-electron chi connectivity index (χ4n) is 0.780. The summed E-state index contributed by atoms with van der Waals surface area (Å²) in [6.07, 6.45) is 1.99. The van der Waals surface area contributed by atoms with E-state index >= 15 is 0 Å². The van der Waals surface area contributed by atoms with E-state index in [0.29, 0.717) is 11.8 Å². The van der Waals surface area contributed by atoms with Gasteiger partial charge in [-0.25, -0.2) is 0 Å². The van der Waals surface area contributed by atoms with Crippen LogP contribution >= 0.6 is 11.8 Å². The number of rotatable bonds is 4. The number of aromatic amines is 1. The van der Waals surface area contributed by atoms with Crippen molar-refractivity contribution in [2.24, 2.45) is 0 Å². The molecule has 0 aliphatic rings. The standard InChI is InChI=1S/C7H13N5OS/c1-4(14-2)3-9-6(13)5-10-7(8)12-11-5/h4H,3H2,1-2H3,(H,9,13)(H3,8,10,11,12). The van der Waals surface area contributed by atoms with Crippen LogP contribution < -0.4 is 11.1 Å². The summed E-state index contributed by atoms with van der Waals surface area (Å²) in [5, 5.41) is 9.09. The van der Waals surface area contributed by atoms with E-state index in [4.69, 9.17) is 5.73 Å². The zero-order valence-electron chi connectivity index (χ0n) is 8.07. The van der Waals surface area contributed by atoms with Gasteiger partial charge in [0, 0.05) is 11.8 Å². The highest BCUT2D eigenvalue weighted by Gasteiger charge is 2.10. The maximum absolute atomic E-state index is 11.4. The molecule has 1 aromatic heterocycles. The number of carbonyl (C=O) groups is 1. The van der Waals surface area contributed by atoms with Crippen LogP contribution in [0.3, 0.4) is 0 Å². The second-order valence-electron chi connectivity index (χ2n) is 2.80. The summed E-state index contributed by atoms with van der Waals surface area (Å²) in [5.41, 5.74) is 5.26. The lowest BCUT2D eigenvalue weighted by molar-refractivity contribution is 0.0944. The van der Waals surface area contributed by atoms with E-state index in [9.17, 15) is 4.79 Å². The summed E-state index contributed by atoms with van der Waals surface area (Å²) in [7, 11) is 0. The van der Waals surface area contributed by atoms with Gasteiger partial charge >= 0.3 is 0 Å². The number of anilines is 1. The van der Waals surface area contributed by atoms with Crippen LogP contribution in [0.4, 0.5) is 5.95 Å². The number of nitrogens with zero attached hydrogens (tertiary/aromatic N) is 2. The van der Waals surface area contributed by atoms with Crippen molar-refractivity contribution in [1.82, 2.24) is 20.5 Å². The third-order valence-corrected chi connectivity index (χ3v) is 2.64. The number of hydrogen-bond acceptors (Lipinski definition) is 5. The first-order valence-electron chi connectivity index (χ1n) is 4.12. The van der Waals surface area contributed by atoms with Crippen LogP contribution in [0.5, 0.6) is 0 Å². The van der Waals surface area contributed by atoms with E-state index in [1.165, 1.54) is 0 Å². The van der Waals surface area contributed by atoms with Crippen molar-refractivity contribution in [2.45, 2.75) is 12.2 Å². The van der Waals surface area contributed by atoms with Gasteiger partial charge < -0.3 is 11.1 Å². The van der Waals surface area contributed by atoms with Crippen molar-refractivity contribution in [1.29, 1.82) is 0 Å². The highest BCUT2D eigenvalue weighted by Crippen LogP contribution is 2.02. The Morgan fingerprint density at radius 2 is 2.50 bits per heavy atom. The lowest BCUT2D eigenvalue weighted by atomic mass is 10.4. The van der Waals surface area contributed by atoms with Gasteiger partial charge in [-0.05, 0) is 6.26 Å². The number of thioether (sulfide) groups is 1. The third kappa shape index (κ3) is 2.91. The molecule has 1 aromatic rings. The molecule has 14 heavy (non-hydrogen) atoms. The third-order valence-electron chi connectivity index (χ3n) is 1.67. The second kappa shape index (κ2) is 4.85. The molecule has 6 nitrogen and oxygen atoms in total. The van der Waals surface area contributed by atoms with Crippen LogP contribution in [0.25, 0.3) is 0 Å². The van der Waals surface area contributed by atoms with Crippen molar-refractivity contribution in [3.05, 3.63) is 5.82 Å². The highest BCUT2D eigenvalue weighted by molar-refractivity contribution is 7.99. The number of carbonyl (C=O) groups excluding carboxylic acids is 1. The summed E-state index contributed by atoms with van der Waals surface area (Å²) in [6.45, 7) is 2.63. The molecule has 0 aromatic carbocycles. The molecule has 1 amide bonds. The van der Waals surface area contributed by atoms with Crippen molar-refractivity contribution in [3.63, 3.8) is 0 Å². The molecule has 0 aliphatic heterocycles. The van der Waals surface area contributed by atoms with E-state index in [-0.39, 0.29) is 17.7 Å². The van der Waals surface area contributed by atoms with Crippen LogP contribution in [0.1, 0.15) is 17.5 Å². The molecular weight excluding hydrogens is 202 g/mol. The first-order valence-corrected chi connectivity index (χ1v) is 5.41. The summed E-state index contributed by atoms with van der Waals surface area (Å²) < 4.78 is 0. The van der Waals surface area contributed by atoms with Crippen molar-refractivity contribution < 1.29 is 4.79 Å². The van der Waals surface area contributed by atoms with Gasteiger partial charge in [0.2, 0.25) is 11.8 Å². The Bertz CT molecular complexity index is 313. The number of nitrogens with one attached hydrogen (secondary N) is 2. The lowest BCUT2D eigenvalue weighted by Crippen LogP contribution is -2.30. The molecule has 0 aliphatic carbocycles. The minimum Gasteiger partial charge on any atom is -0.366 e. The van der Waals surface area contributed by atoms with E-state index in [1.807, 2.05) is 13.2 Å². The van der Waals surface area contributed by atoms with Crippen molar-refractivity contribution in [2.75, 3.05) is 18.5 Å². The van der Waals surface area contributed by atoms with E-state index in [1.54, 1.807) is 11.8 Å². The minimum absolute atomic E-state index is 0.0769. The lowest BCUT2D eigenvalue weighted by Gasteiger charge is -2.07. The Hall–Kier alpha value is -1.24. The van der Waals surface area contributed by atoms with Crippen LogP contribution in [0.2, 0.25) is 0 Å². The fraction of sp³-hybridized carbons (Fsp3) is 0.571. The van der Waals surface area contributed by atoms with Crippen molar-refractivity contribution in [3.8, 4) is 0 Å². The zero-order chi connectivity index (χ0) is 10.6. The van der Waals surface area contributed by atoms with Gasteiger partial charge in [-0.15, -0.1) is 5.10 Å². The van der Waals surface area contributed by atoms with Gasteiger partial charge in [-0.3, -0.25) is 9.89 Å². The largest absolute Gasteiger partial charge is 0.366 e. The first-order chi connectivity index (χ1) is 6.63. The summed E-state index contributed by atoms with van der Waals surface area (Å²) in [6, 6.07) is 0. The van der Waals surface area contributed by atoms with Gasteiger partial charge in [0.25, 0.3) is 5.91 Å². The molecule has 1 atom stereocenters. The molecule has 0 saturated heterocycles. The number of H-pyrrole nitrogens is 1. The molecule has 0 saturated carbocycles. The smallest absolute Gasteiger partial charge is 0.288 e. The quantitative estimate of drug-likeness (QED) is 0.650. The van der Waals surface area contributed by atoms with Gasteiger partial charge in [0.05, 0.1) is 0 Å². The zero-order valence-corrected chi connectivity index (χ0v) is 8.89. The topological polar surface area (TPSA) is 96.7 Å². The van der Waals surface area contributed by atoms with E-state index in [2.05, 4.69) is 20.5 Å². The molecular formula is C7H13N5OS.